The summed E-state index contributed by atoms with van der Waals surface area (Å²) in [5, 5.41) is 15.6. The van der Waals surface area contributed by atoms with Crippen molar-refractivity contribution in [2.24, 2.45) is 4.99 Å². The van der Waals surface area contributed by atoms with E-state index in [1.54, 1.807) is 0 Å². The maximum atomic E-state index is 9.55. The fraction of sp³-hybridized carbons (Fsp3) is 0.167. The van der Waals surface area contributed by atoms with Crippen LogP contribution in [0.15, 0.2) is 65.8 Å². The van der Waals surface area contributed by atoms with Crippen molar-refractivity contribution in [3.63, 3.8) is 0 Å². The summed E-state index contributed by atoms with van der Waals surface area (Å²) < 4.78 is 2.28. The van der Waals surface area contributed by atoms with Gasteiger partial charge in [-0.15, -0.1) is 0 Å². The van der Waals surface area contributed by atoms with Gasteiger partial charge < -0.3 is 14.8 Å². The molecule has 0 bridgehead atoms. The quantitative estimate of drug-likeness (QED) is 0.843. The van der Waals surface area contributed by atoms with E-state index in [1.807, 2.05) is 0 Å². The smallest absolute Gasteiger partial charge is 0.328 e. The first-order chi connectivity index (χ1) is 11.6. The molecule has 1 aliphatic rings. The highest BCUT2D eigenvalue weighted by Gasteiger charge is 2.12. The summed E-state index contributed by atoms with van der Waals surface area (Å²) in [5.74, 6) is -2.51. The largest absolute Gasteiger partial charge is 0.478 e. The fourth-order valence-corrected chi connectivity index (χ4v) is 2.32. The number of rotatable bonds is 4. The van der Waals surface area contributed by atoms with Crippen molar-refractivity contribution < 1.29 is 19.8 Å². The van der Waals surface area contributed by atoms with Crippen LogP contribution in [0.25, 0.3) is 0 Å². The Morgan fingerprint density at radius 3 is 2.33 bits per heavy atom. The van der Waals surface area contributed by atoms with E-state index < -0.39 is 11.9 Å². The molecule has 2 N–H and O–H groups in total. The van der Waals surface area contributed by atoms with Crippen molar-refractivity contribution in [3.05, 3.63) is 72.1 Å². The average molecular weight is 326 g/mol. The van der Waals surface area contributed by atoms with Crippen LogP contribution in [-0.2, 0) is 22.6 Å². The van der Waals surface area contributed by atoms with E-state index in [0.29, 0.717) is 12.2 Å². The number of fused-ring (bicyclic) bond motifs is 1. The third-order valence-corrected chi connectivity index (χ3v) is 3.35. The number of benzene rings is 1. The molecule has 6 nitrogen and oxygen atoms in total. The minimum Gasteiger partial charge on any atom is -0.478 e. The number of aliphatic carboxylic acids is 2. The SMILES string of the molecule is O=C(O)/C=C\C(=O)O.c1ccc(CC2=NCCn3cccc32)cc1. The molecule has 6 heteroatoms. The lowest BCUT2D eigenvalue weighted by Gasteiger charge is -2.16. The maximum Gasteiger partial charge on any atom is 0.328 e. The summed E-state index contributed by atoms with van der Waals surface area (Å²) in [6.07, 6.45) is 4.19. The van der Waals surface area contributed by atoms with Gasteiger partial charge in [0.2, 0.25) is 0 Å². The summed E-state index contributed by atoms with van der Waals surface area (Å²) in [6.45, 7) is 1.92. The van der Waals surface area contributed by atoms with E-state index in [0.717, 1.165) is 19.5 Å². The number of hydrogen-bond donors (Lipinski definition) is 2. The summed E-state index contributed by atoms with van der Waals surface area (Å²) in [4.78, 5) is 23.7. The topological polar surface area (TPSA) is 91.9 Å². The summed E-state index contributed by atoms with van der Waals surface area (Å²) in [7, 11) is 0. The minimum absolute atomic E-state index is 0.558. The molecule has 1 aromatic carbocycles. The molecule has 0 amide bonds. The van der Waals surface area contributed by atoms with Crippen LogP contribution in [-0.4, -0.2) is 39.0 Å². The molecule has 0 atom stereocenters. The Labute approximate surface area is 139 Å². The van der Waals surface area contributed by atoms with Crippen LogP contribution in [0, 0.1) is 0 Å². The predicted molar refractivity (Wildman–Crippen MR) is 90.4 cm³/mol. The van der Waals surface area contributed by atoms with Crippen molar-refractivity contribution >= 4 is 17.7 Å². The zero-order chi connectivity index (χ0) is 17.4. The molecule has 0 saturated carbocycles. The van der Waals surface area contributed by atoms with Crippen LogP contribution in [0.4, 0.5) is 0 Å². The van der Waals surface area contributed by atoms with E-state index in [-0.39, 0.29) is 0 Å². The molecular weight excluding hydrogens is 308 g/mol. The van der Waals surface area contributed by atoms with Crippen molar-refractivity contribution in [1.29, 1.82) is 0 Å². The molecule has 0 radical (unpaired) electrons. The fourth-order valence-electron chi connectivity index (χ4n) is 2.32. The van der Waals surface area contributed by atoms with Crippen molar-refractivity contribution in [2.75, 3.05) is 6.54 Å². The molecule has 24 heavy (non-hydrogen) atoms. The van der Waals surface area contributed by atoms with Gasteiger partial charge in [-0.1, -0.05) is 30.3 Å². The Hall–Kier alpha value is -3.15. The molecule has 0 saturated heterocycles. The van der Waals surface area contributed by atoms with Gasteiger partial charge >= 0.3 is 11.9 Å². The molecule has 3 rings (SSSR count). The van der Waals surface area contributed by atoms with Crippen molar-refractivity contribution in [2.45, 2.75) is 13.0 Å². The van der Waals surface area contributed by atoms with Crippen molar-refractivity contribution in [3.8, 4) is 0 Å². The van der Waals surface area contributed by atoms with Crippen LogP contribution in [0.2, 0.25) is 0 Å². The first-order valence-corrected chi connectivity index (χ1v) is 7.43. The first-order valence-electron chi connectivity index (χ1n) is 7.43. The van der Waals surface area contributed by atoms with Crippen LogP contribution in [0.1, 0.15) is 11.3 Å². The molecule has 2 aromatic rings. The van der Waals surface area contributed by atoms with Crippen molar-refractivity contribution in [1.82, 2.24) is 4.57 Å². The second-order valence-corrected chi connectivity index (χ2v) is 5.09. The maximum absolute atomic E-state index is 9.55. The summed E-state index contributed by atoms with van der Waals surface area (Å²) in [5.41, 5.74) is 3.81. The Balaban J connectivity index is 0.000000224. The third kappa shape index (κ3) is 5.24. The van der Waals surface area contributed by atoms with Gasteiger partial charge in [0.15, 0.2) is 0 Å². The van der Waals surface area contributed by atoms with Crippen LogP contribution >= 0.6 is 0 Å². The Morgan fingerprint density at radius 2 is 1.71 bits per heavy atom. The molecule has 2 heterocycles. The van der Waals surface area contributed by atoms with E-state index in [1.165, 1.54) is 17.0 Å². The van der Waals surface area contributed by atoms with Crippen LogP contribution < -0.4 is 0 Å². The van der Waals surface area contributed by atoms with Gasteiger partial charge in [-0.3, -0.25) is 4.99 Å². The normalized spacial score (nSPS) is 12.8. The van der Waals surface area contributed by atoms with Gasteiger partial charge in [-0.2, -0.15) is 0 Å². The predicted octanol–water partition coefficient (Wildman–Crippen LogP) is 2.25. The summed E-state index contributed by atoms with van der Waals surface area (Å²) in [6, 6.07) is 14.8. The highest BCUT2D eigenvalue weighted by Crippen LogP contribution is 2.13. The van der Waals surface area contributed by atoms with Crippen LogP contribution in [0.3, 0.4) is 0 Å². The molecule has 124 valence electrons. The second kappa shape index (κ2) is 8.47. The van der Waals surface area contributed by atoms with Gasteiger partial charge in [0.25, 0.3) is 0 Å². The molecule has 0 unspecified atom stereocenters. The first kappa shape index (κ1) is 17.2. The van der Waals surface area contributed by atoms with Gasteiger partial charge in [0.05, 0.1) is 18.0 Å². The van der Waals surface area contributed by atoms with E-state index in [9.17, 15) is 9.59 Å². The van der Waals surface area contributed by atoms with E-state index >= 15 is 0 Å². The van der Waals surface area contributed by atoms with Gasteiger partial charge in [0.1, 0.15) is 0 Å². The molecule has 0 aliphatic carbocycles. The molecular formula is C18H18N2O4. The zero-order valence-electron chi connectivity index (χ0n) is 13.0. The molecule has 0 fully saturated rings. The number of carbonyl (C=O) groups is 2. The van der Waals surface area contributed by atoms with Gasteiger partial charge in [-0.05, 0) is 17.7 Å². The number of carboxylic acids is 2. The van der Waals surface area contributed by atoms with E-state index in [4.69, 9.17) is 10.2 Å². The standard InChI is InChI=1S/C14H14N2.C4H4O4/c1-2-5-12(6-3-1)11-13-14-7-4-9-16(14)10-8-15-13;5-3(6)1-2-4(7)8/h1-7,9H,8,10-11H2;1-2H,(H,5,6)(H,7,8)/b;2-1-. The van der Waals surface area contributed by atoms with E-state index in [2.05, 4.69) is 58.2 Å². The lowest BCUT2D eigenvalue weighted by atomic mass is 10.1. The number of aliphatic imine (C=N–C) groups is 1. The van der Waals surface area contributed by atoms with Crippen LogP contribution in [0.5, 0.6) is 0 Å². The van der Waals surface area contributed by atoms with Gasteiger partial charge in [0, 0.05) is 31.3 Å². The molecule has 1 aliphatic heterocycles. The Morgan fingerprint density at radius 1 is 1.04 bits per heavy atom. The number of nitrogens with zero attached hydrogens (tertiary/aromatic N) is 2. The monoisotopic (exact) mass is 326 g/mol. The zero-order valence-corrected chi connectivity index (χ0v) is 13.0. The average Bonchev–Trinajstić information content (AvgIpc) is 3.04. The lowest BCUT2D eigenvalue weighted by Crippen LogP contribution is -2.19. The Bertz CT molecular complexity index is 744. The lowest BCUT2D eigenvalue weighted by molar-refractivity contribution is -0.134. The third-order valence-electron chi connectivity index (χ3n) is 3.35. The molecule has 0 spiro atoms. The Kier molecular flexibility index (Phi) is 6.08. The number of carboxylic acid groups (broad SMARTS) is 2. The highest BCUT2D eigenvalue weighted by molar-refractivity contribution is 6.01. The summed E-state index contributed by atoms with van der Waals surface area (Å²) >= 11 is 0. The minimum atomic E-state index is -1.26. The van der Waals surface area contributed by atoms with Gasteiger partial charge in [-0.25, -0.2) is 9.59 Å². The number of aromatic nitrogens is 1. The molecule has 1 aromatic heterocycles. The number of hydrogen-bond acceptors (Lipinski definition) is 3. The second-order valence-electron chi connectivity index (χ2n) is 5.09. The highest BCUT2D eigenvalue weighted by atomic mass is 16.4.